The molecule has 184 valence electrons. The van der Waals surface area contributed by atoms with Crippen molar-refractivity contribution in [2.45, 2.75) is 11.3 Å². The molecule has 3 N–H and O–H groups in total. The van der Waals surface area contributed by atoms with Gasteiger partial charge in [0.25, 0.3) is 5.91 Å². The van der Waals surface area contributed by atoms with Crippen LogP contribution >= 0.6 is 0 Å². The number of nitrogens with one attached hydrogen (secondary N) is 1. The van der Waals surface area contributed by atoms with Crippen LogP contribution in [0.5, 0.6) is 0 Å². The van der Waals surface area contributed by atoms with Crippen LogP contribution in [0, 0.1) is 0 Å². The highest BCUT2D eigenvalue weighted by atomic mass is 32.2. The molecule has 0 aliphatic carbocycles. The molecular weight excluding hydrogens is 454 g/mol. The van der Waals surface area contributed by atoms with Gasteiger partial charge in [0.2, 0.25) is 10.0 Å². The lowest BCUT2D eigenvalue weighted by molar-refractivity contribution is 0.0949. The number of carbonyl (C=O) groups is 1. The predicted molar refractivity (Wildman–Crippen MR) is 133 cm³/mol. The SMILES string of the molecule is NS(=O)(=O)c1ccc(N2CCOCC2)c(C(=O)NCCCN2CCN(c3ccccc3)CC2)c1. The normalized spacial score (nSPS) is 17.6. The van der Waals surface area contributed by atoms with Gasteiger partial charge in [0.05, 0.1) is 23.7 Å². The van der Waals surface area contributed by atoms with Crippen LogP contribution in [0.25, 0.3) is 0 Å². The van der Waals surface area contributed by atoms with E-state index in [2.05, 4.69) is 39.4 Å². The molecule has 0 atom stereocenters. The summed E-state index contributed by atoms with van der Waals surface area (Å²) in [4.78, 5) is 19.8. The van der Waals surface area contributed by atoms with Gasteiger partial charge in [0.1, 0.15) is 0 Å². The lowest BCUT2D eigenvalue weighted by Gasteiger charge is -2.36. The smallest absolute Gasteiger partial charge is 0.253 e. The Balaban J connectivity index is 1.30. The second-order valence-electron chi connectivity index (χ2n) is 8.60. The Bertz CT molecular complexity index is 1070. The van der Waals surface area contributed by atoms with Crippen LogP contribution in [0.1, 0.15) is 16.8 Å². The number of sulfonamides is 1. The molecule has 9 nitrogen and oxygen atoms in total. The summed E-state index contributed by atoms with van der Waals surface area (Å²) < 4.78 is 29.1. The number of morpholine rings is 1. The summed E-state index contributed by atoms with van der Waals surface area (Å²) in [6.07, 6.45) is 0.818. The van der Waals surface area contributed by atoms with Crippen LogP contribution in [0.15, 0.2) is 53.4 Å². The molecule has 2 aromatic rings. The van der Waals surface area contributed by atoms with E-state index in [4.69, 9.17) is 9.88 Å². The summed E-state index contributed by atoms with van der Waals surface area (Å²) in [6.45, 7) is 7.77. The first-order valence-corrected chi connectivity index (χ1v) is 13.3. The number of anilines is 2. The third kappa shape index (κ3) is 6.26. The number of amides is 1. The molecule has 0 spiro atoms. The van der Waals surface area contributed by atoms with E-state index in [9.17, 15) is 13.2 Å². The van der Waals surface area contributed by atoms with Gasteiger partial charge < -0.3 is 19.9 Å². The number of piperazine rings is 1. The number of nitrogens with two attached hydrogens (primary N) is 1. The van der Waals surface area contributed by atoms with Crippen LogP contribution in [-0.2, 0) is 14.8 Å². The zero-order chi connectivity index (χ0) is 24.0. The van der Waals surface area contributed by atoms with E-state index in [1.807, 2.05) is 11.0 Å². The van der Waals surface area contributed by atoms with E-state index in [1.165, 1.54) is 17.8 Å². The van der Waals surface area contributed by atoms with Gasteiger partial charge in [-0.3, -0.25) is 9.69 Å². The summed E-state index contributed by atoms with van der Waals surface area (Å²) in [5.41, 5.74) is 2.28. The zero-order valence-corrected chi connectivity index (χ0v) is 20.2. The van der Waals surface area contributed by atoms with Gasteiger partial charge in [-0.1, -0.05) is 18.2 Å². The molecule has 0 bridgehead atoms. The molecule has 10 heteroatoms. The average molecular weight is 488 g/mol. The fourth-order valence-electron chi connectivity index (χ4n) is 4.42. The van der Waals surface area contributed by atoms with E-state index in [0.717, 1.165) is 39.1 Å². The van der Waals surface area contributed by atoms with Crippen LogP contribution in [0.3, 0.4) is 0 Å². The molecule has 4 rings (SSSR count). The summed E-state index contributed by atoms with van der Waals surface area (Å²) in [5.74, 6) is -0.291. The maximum absolute atomic E-state index is 13.0. The van der Waals surface area contributed by atoms with Crippen molar-refractivity contribution in [2.24, 2.45) is 5.14 Å². The Morgan fingerprint density at radius 2 is 1.65 bits per heavy atom. The summed E-state index contributed by atoms with van der Waals surface area (Å²) in [5, 5.41) is 8.27. The van der Waals surface area contributed by atoms with Gasteiger partial charge in [-0.15, -0.1) is 0 Å². The number of ether oxygens (including phenoxy) is 1. The minimum Gasteiger partial charge on any atom is -0.378 e. The first kappa shape index (κ1) is 24.5. The quantitative estimate of drug-likeness (QED) is 0.537. The number of rotatable bonds is 8. The van der Waals surface area contributed by atoms with Crippen molar-refractivity contribution in [1.82, 2.24) is 10.2 Å². The van der Waals surface area contributed by atoms with Crippen LogP contribution < -0.4 is 20.3 Å². The van der Waals surface area contributed by atoms with Gasteiger partial charge in [-0.25, -0.2) is 13.6 Å². The van der Waals surface area contributed by atoms with Gasteiger partial charge in [-0.05, 0) is 43.3 Å². The molecule has 0 unspecified atom stereocenters. The van der Waals surface area contributed by atoms with Gasteiger partial charge >= 0.3 is 0 Å². The van der Waals surface area contributed by atoms with Crippen LogP contribution in [0.4, 0.5) is 11.4 Å². The van der Waals surface area contributed by atoms with Gasteiger partial charge in [-0.2, -0.15) is 0 Å². The third-order valence-electron chi connectivity index (χ3n) is 6.32. The highest BCUT2D eigenvalue weighted by molar-refractivity contribution is 7.89. The maximum atomic E-state index is 13.0. The molecule has 1 amide bonds. The van der Waals surface area contributed by atoms with Crippen LogP contribution in [0.2, 0.25) is 0 Å². The lowest BCUT2D eigenvalue weighted by atomic mass is 10.1. The molecule has 2 heterocycles. The van der Waals surface area contributed by atoms with Crippen LogP contribution in [-0.4, -0.2) is 84.8 Å². The minimum absolute atomic E-state index is 0.0639. The number of hydrogen-bond acceptors (Lipinski definition) is 7. The number of benzene rings is 2. The molecule has 0 saturated carbocycles. The van der Waals surface area contributed by atoms with E-state index >= 15 is 0 Å². The number of nitrogens with zero attached hydrogens (tertiary/aromatic N) is 3. The topological polar surface area (TPSA) is 108 Å². The minimum atomic E-state index is -3.90. The van der Waals surface area contributed by atoms with Gasteiger partial charge in [0.15, 0.2) is 0 Å². The molecule has 2 fully saturated rings. The number of carbonyl (C=O) groups excluding carboxylic acids is 1. The second kappa shape index (κ2) is 11.2. The number of hydrogen-bond donors (Lipinski definition) is 2. The third-order valence-corrected chi connectivity index (χ3v) is 7.23. The monoisotopic (exact) mass is 487 g/mol. The van der Waals surface area contributed by atoms with E-state index in [1.54, 1.807) is 6.07 Å². The molecule has 2 aromatic carbocycles. The molecule has 34 heavy (non-hydrogen) atoms. The fourth-order valence-corrected chi connectivity index (χ4v) is 4.96. The fraction of sp³-hybridized carbons (Fsp3) is 0.458. The van der Waals surface area contributed by atoms with E-state index < -0.39 is 10.0 Å². The maximum Gasteiger partial charge on any atom is 0.253 e. The van der Waals surface area contributed by atoms with Crippen molar-refractivity contribution in [3.8, 4) is 0 Å². The van der Waals surface area contributed by atoms with E-state index in [0.29, 0.717) is 44.1 Å². The highest BCUT2D eigenvalue weighted by Gasteiger charge is 2.22. The Labute approximate surface area is 201 Å². The van der Waals surface area contributed by atoms with Crippen molar-refractivity contribution in [3.05, 3.63) is 54.1 Å². The Kier molecular flexibility index (Phi) is 8.04. The van der Waals surface area contributed by atoms with Crippen molar-refractivity contribution in [1.29, 1.82) is 0 Å². The van der Waals surface area contributed by atoms with Crippen molar-refractivity contribution in [3.63, 3.8) is 0 Å². The summed E-state index contributed by atoms with van der Waals surface area (Å²) >= 11 is 0. The predicted octanol–water partition coefficient (Wildman–Crippen LogP) is 1.11. The lowest BCUT2D eigenvalue weighted by Crippen LogP contribution is -2.47. The summed E-state index contributed by atoms with van der Waals surface area (Å²) in [7, 11) is -3.90. The van der Waals surface area contributed by atoms with Gasteiger partial charge in [0, 0.05) is 57.2 Å². The molecular formula is C24H33N5O4S. The van der Waals surface area contributed by atoms with Crippen molar-refractivity contribution >= 4 is 27.3 Å². The average Bonchev–Trinajstić information content (AvgIpc) is 2.87. The standard InChI is InChI=1S/C24H33N5O4S/c25-34(31,32)21-7-8-23(29-15-17-33-18-16-29)22(19-21)24(30)26-9-4-10-27-11-13-28(14-12-27)20-5-2-1-3-6-20/h1-3,5-8,19H,4,9-18H2,(H,26,30)(H2,25,31,32). The van der Waals surface area contributed by atoms with E-state index in [-0.39, 0.29) is 10.8 Å². The molecule has 0 radical (unpaired) electrons. The highest BCUT2D eigenvalue weighted by Crippen LogP contribution is 2.25. The number of primary sulfonamides is 1. The molecule has 2 aliphatic heterocycles. The Hall–Kier alpha value is -2.66. The number of para-hydroxylation sites is 1. The van der Waals surface area contributed by atoms with Crippen molar-refractivity contribution < 1.29 is 17.9 Å². The molecule has 0 aromatic heterocycles. The molecule has 2 saturated heterocycles. The molecule has 2 aliphatic rings. The van der Waals surface area contributed by atoms with Crippen molar-refractivity contribution in [2.75, 3.05) is 75.4 Å². The first-order chi connectivity index (χ1) is 16.4. The first-order valence-electron chi connectivity index (χ1n) is 11.7. The summed E-state index contributed by atoms with van der Waals surface area (Å²) in [6, 6.07) is 14.9. The Morgan fingerprint density at radius 1 is 0.941 bits per heavy atom. The largest absolute Gasteiger partial charge is 0.378 e. The Morgan fingerprint density at radius 3 is 2.32 bits per heavy atom. The second-order valence-corrected chi connectivity index (χ2v) is 10.2. The zero-order valence-electron chi connectivity index (χ0n) is 19.4.